The van der Waals surface area contributed by atoms with E-state index >= 15 is 0 Å². The van der Waals surface area contributed by atoms with Gasteiger partial charge in [-0.1, -0.05) is 12.1 Å². The van der Waals surface area contributed by atoms with Crippen molar-refractivity contribution >= 4 is 35.6 Å². The van der Waals surface area contributed by atoms with Crippen LogP contribution in [0.1, 0.15) is 24.5 Å². The summed E-state index contributed by atoms with van der Waals surface area (Å²) in [6.07, 6.45) is 0.878. The second-order valence-electron chi connectivity index (χ2n) is 5.84. The van der Waals surface area contributed by atoms with Crippen molar-refractivity contribution in [1.82, 2.24) is 5.32 Å². The van der Waals surface area contributed by atoms with Crippen LogP contribution >= 0.6 is 24.0 Å². The average Bonchev–Trinajstić information content (AvgIpc) is 2.91. The number of guanidine groups is 1. The van der Waals surface area contributed by atoms with Crippen molar-refractivity contribution in [1.29, 1.82) is 5.26 Å². The third-order valence-corrected chi connectivity index (χ3v) is 3.83. The van der Waals surface area contributed by atoms with Gasteiger partial charge < -0.3 is 20.1 Å². The van der Waals surface area contributed by atoms with E-state index in [-0.39, 0.29) is 24.0 Å². The maximum absolute atomic E-state index is 9.00. The minimum absolute atomic E-state index is 0. The minimum atomic E-state index is 0. The zero-order chi connectivity index (χ0) is 18.2. The van der Waals surface area contributed by atoms with E-state index in [1.54, 1.807) is 6.07 Å². The van der Waals surface area contributed by atoms with Crippen LogP contribution in [0.2, 0.25) is 0 Å². The van der Waals surface area contributed by atoms with Gasteiger partial charge in [-0.15, -0.1) is 24.0 Å². The molecule has 0 amide bonds. The van der Waals surface area contributed by atoms with Gasteiger partial charge >= 0.3 is 0 Å². The Hall–Kier alpha value is -2.47. The highest BCUT2D eigenvalue weighted by Crippen LogP contribution is 2.32. The summed E-state index contributed by atoms with van der Waals surface area (Å²) in [6, 6.07) is 15.4. The lowest BCUT2D eigenvalue weighted by atomic mass is 10.1. The van der Waals surface area contributed by atoms with E-state index in [1.165, 1.54) is 0 Å². The van der Waals surface area contributed by atoms with Gasteiger partial charge in [-0.3, -0.25) is 0 Å². The smallest absolute Gasteiger partial charge is 0.196 e. The zero-order valence-electron chi connectivity index (χ0n) is 15.2. The van der Waals surface area contributed by atoms with Crippen LogP contribution in [0, 0.1) is 11.3 Å². The first-order chi connectivity index (χ1) is 12.8. The number of benzene rings is 2. The van der Waals surface area contributed by atoms with Gasteiger partial charge in [0.25, 0.3) is 0 Å². The van der Waals surface area contributed by atoms with Gasteiger partial charge in [0.1, 0.15) is 0 Å². The molecule has 0 atom stereocenters. The van der Waals surface area contributed by atoms with Crippen molar-refractivity contribution in [3.05, 3.63) is 53.6 Å². The fourth-order valence-electron chi connectivity index (χ4n) is 2.59. The summed E-state index contributed by atoms with van der Waals surface area (Å²) < 4.78 is 11.4. The molecule has 0 aromatic heterocycles. The Bertz CT molecular complexity index is 833. The number of nitrogens with one attached hydrogen (secondary N) is 2. The first-order valence-corrected chi connectivity index (χ1v) is 8.72. The summed E-state index contributed by atoms with van der Waals surface area (Å²) in [4.78, 5) is 4.60. The van der Waals surface area contributed by atoms with Gasteiger partial charge in [0.15, 0.2) is 17.5 Å². The number of aliphatic imine (C=N–C) groups is 1. The van der Waals surface area contributed by atoms with E-state index < -0.39 is 0 Å². The Morgan fingerprint density at radius 1 is 1.15 bits per heavy atom. The molecule has 7 heteroatoms. The predicted molar refractivity (Wildman–Crippen MR) is 117 cm³/mol. The second-order valence-corrected chi connectivity index (χ2v) is 5.84. The van der Waals surface area contributed by atoms with Crippen molar-refractivity contribution in [2.75, 3.05) is 25.1 Å². The molecule has 2 aromatic rings. The number of anilines is 1. The third-order valence-electron chi connectivity index (χ3n) is 3.83. The van der Waals surface area contributed by atoms with Crippen LogP contribution in [-0.2, 0) is 6.54 Å². The Morgan fingerprint density at radius 2 is 1.96 bits per heavy atom. The molecule has 6 nitrogen and oxygen atoms in total. The van der Waals surface area contributed by atoms with Crippen molar-refractivity contribution in [2.24, 2.45) is 4.99 Å². The highest BCUT2D eigenvalue weighted by atomic mass is 127. The largest absolute Gasteiger partial charge is 0.490 e. The Balaban J connectivity index is 0.00000261. The van der Waals surface area contributed by atoms with Crippen LogP contribution in [0.3, 0.4) is 0 Å². The predicted octanol–water partition coefficient (Wildman–Crippen LogP) is 3.92. The molecule has 27 heavy (non-hydrogen) atoms. The molecule has 3 rings (SSSR count). The van der Waals surface area contributed by atoms with Crippen LogP contribution in [0.5, 0.6) is 11.5 Å². The number of halogens is 1. The minimum Gasteiger partial charge on any atom is -0.490 e. The lowest BCUT2D eigenvalue weighted by molar-refractivity contribution is 0.297. The van der Waals surface area contributed by atoms with Crippen LogP contribution < -0.4 is 20.1 Å². The number of hydrogen-bond donors (Lipinski definition) is 2. The SMILES string of the molecule is CCNC(=NCc1cccc(C#N)c1)Nc1ccc2c(c1)OCCCO2.I. The molecule has 0 aliphatic carbocycles. The lowest BCUT2D eigenvalue weighted by Crippen LogP contribution is -2.30. The van der Waals surface area contributed by atoms with E-state index in [0.29, 0.717) is 31.3 Å². The van der Waals surface area contributed by atoms with Crippen molar-refractivity contribution in [3.63, 3.8) is 0 Å². The number of ether oxygens (including phenoxy) is 2. The number of hydrogen-bond acceptors (Lipinski definition) is 4. The Labute approximate surface area is 176 Å². The summed E-state index contributed by atoms with van der Waals surface area (Å²) in [5.74, 6) is 2.18. The second kappa shape index (κ2) is 10.6. The molecular weight excluding hydrogens is 455 g/mol. The van der Waals surface area contributed by atoms with Crippen LogP contribution in [0.25, 0.3) is 0 Å². The molecule has 0 bridgehead atoms. The molecule has 0 spiro atoms. The van der Waals surface area contributed by atoms with Crippen molar-refractivity contribution in [3.8, 4) is 17.6 Å². The van der Waals surface area contributed by atoms with E-state index in [0.717, 1.165) is 35.7 Å². The van der Waals surface area contributed by atoms with Gasteiger partial charge in [-0.25, -0.2) is 4.99 Å². The maximum atomic E-state index is 9.00. The topological polar surface area (TPSA) is 78.7 Å². The number of nitriles is 1. The van der Waals surface area contributed by atoms with Gasteiger partial charge in [0.2, 0.25) is 0 Å². The molecule has 1 heterocycles. The third kappa shape index (κ3) is 6.03. The van der Waals surface area contributed by atoms with Crippen LogP contribution in [-0.4, -0.2) is 25.7 Å². The van der Waals surface area contributed by atoms with Crippen molar-refractivity contribution < 1.29 is 9.47 Å². The van der Waals surface area contributed by atoms with Crippen LogP contribution in [0.4, 0.5) is 5.69 Å². The lowest BCUT2D eigenvalue weighted by Gasteiger charge is -2.13. The van der Waals surface area contributed by atoms with E-state index in [1.807, 2.05) is 43.3 Å². The molecular formula is C20H23IN4O2. The fourth-order valence-corrected chi connectivity index (χ4v) is 2.59. The normalized spacial score (nSPS) is 13.0. The van der Waals surface area contributed by atoms with E-state index in [9.17, 15) is 0 Å². The van der Waals surface area contributed by atoms with Crippen molar-refractivity contribution in [2.45, 2.75) is 19.9 Å². The van der Waals surface area contributed by atoms with Crippen LogP contribution in [0.15, 0.2) is 47.5 Å². The zero-order valence-corrected chi connectivity index (χ0v) is 17.5. The monoisotopic (exact) mass is 478 g/mol. The summed E-state index contributed by atoms with van der Waals surface area (Å²) in [5, 5.41) is 15.5. The van der Waals surface area contributed by atoms with Gasteiger partial charge in [0.05, 0.1) is 31.4 Å². The first kappa shape index (κ1) is 20.8. The number of fused-ring (bicyclic) bond motifs is 1. The summed E-state index contributed by atoms with van der Waals surface area (Å²) in [5.41, 5.74) is 2.50. The Kier molecular flexibility index (Phi) is 8.20. The Morgan fingerprint density at radius 3 is 2.74 bits per heavy atom. The van der Waals surface area contributed by atoms with E-state index in [2.05, 4.69) is 21.7 Å². The molecule has 0 unspecified atom stereocenters. The standard InChI is InChI=1S/C20H22N4O2.HI/c1-2-22-20(23-14-16-6-3-5-15(11-16)13-21)24-17-7-8-18-19(12-17)26-10-4-9-25-18;/h3,5-8,11-12H,2,4,9-10,14H2,1H3,(H2,22,23,24);1H. The first-order valence-electron chi connectivity index (χ1n) is 8.72. The number of nitrogens with zero attached hydrogens (tertiary/aromatic N) is 2. The average molecular weight is 478 g/mol. The molecule has 0 fully saturated rings. The van der Waals surface area contributed by atoms with Gasteiger partial charge in [0, 0.05) is 24.7 Å². The van der Waals surface area contributed by atoms with Gasteiger partial charge in [-0.05, 0) is 36.8 Å². The molecule has 2 N–H and O–H groups in total. The summed E-state index contributed by atoms with van der Waals surface area (Å²) in [7, 11) is 0. The molecule has 2 aromatic carbocycles. The molecule has 142 valence electrons. The molecule has 1 aliphatic heterocycles. The molecule has 0 saturated heterocycles. The molecule has 0 radical (unpaired) electrons. The number of rotatable bonds is 4. The quantitative estimate of drug-likeness (QED) is 0.396. The highest BCUT2D eigenvalue weighted by molar-refractivity contribution is 14.0. The van der Waals surface area contributed by atoms with E-state index in [4.69, 9.17) is 14.7 Å². The summed E-state index contributed by atoms with van der Waals surface area (Å²) in [6.45, 7) is 4.57. The highest BCUT2D eigenvalue weighted by Gasteiger charge is 2.11. The fraction of sp³-hybridized carbons (Fsp3) is 0.300. The molecule has 1 aliphatic rings. The van der Waals surface area contributed by atoms with Gasteiger partial charge in [-0.2, -0.15) is 5.26 Å². The maximum Gasteiger partial charge on any atom is 0.196 e. The summed E-state index contributed by atoms with van der Waals surface area (Å²) >= 11 is 0. The molecule has 0 saturated carbocycles.